The summed E-state index contributed by atoms with van der Waals surface area (Å²) in [6, 6.07) is 1.56. The van der Waals surface area contributed by atoms with Crippen LogP contribution in [0.4, 0.5) is 19.0 Å². The van der Waals surface area contributed by atoms with Crippen LogP contribution >= 0.6 is 0 Å². The van der Waals surface area contributed by atoms with Crippen LogP contribution in [0.1, 0.15) is 24.3 Å². The Kier molecular flexibility index (Phi) is 3.22. The number of aromatic nitrogens is 3. The maximum Gasteiger partial charge on any atom is 0.405 e. The average molecular weight is 334 g/mol. The Morgan fingerprint density at radius 2 is 2.08 bits per heavy atom. The molecule has 24 heavy (non-hydrogen) atoms. The van der Waals surface area contributed by atoms with E-state index in [1.54, 1.807) is 12.3 Å². The van der Waals surface area contributed by atoms with Gasteiger partial charge in [0.25, 0.3) is 5.56 Å². The van der Waals surface area contributed by atoms with E-state index in [4.69, 9.17) is 0 Å². The summed E-state index contributed by atoms with van der Waals surface area (Å²) >= 11 is 0. The van der Waals surface area contributed by atoms with Crippen molar-refractivity contribution in [1.82, 2.24) is 15.0 Å². The predicted molar refractivity (Wildman–Crippen MR) is 84.2 cm³/mol. The molecule has 0 amide bonds. The summed E-state index contributed by atoms with van der Waals surface area (Å²) in [5, 5.41) is 3.67. The van der Waals surface area contributed by atoms with Crippen molar-refractivity contribution >= 4 is 27.5 Å². The third kappa shape index (κ3) is 2.57. The lowest BCUT2D eigenvalue weighted by Gasteiger charge is -2.14. The van der Waals surface area contributed by atoms with E-state index in [2.05, 4.69) is 20.3 Å². The van der Waals surface area contributed by atoms with E-state index in [0.29, 0.717) is 27.6 Å². The lowest BCUT2D eigenvalue weighted by molar-refractivity contribution is -0.115. The number of aromatic amines is 1. The molecule has 2 N–H and O–H groups in total. The van der Waals surface area contributed by atoms with Gasteiger partial charge < -0.3 is 10.3 Å². The van der Waals surface area contributed by atoms with Crippen molar-refractivity contribution in [3.05, 3.63) is 40.6 Å². The number of nitrogens with one attached hydrogen (secondary N) is 2. The largest absolute Gasteiger partial charge is 0.405 e. The highest BCUT2D eigenvalue weighted by molar-refractivity contribution is 6.10. The molecular weight excluding hydrogens is 321 g/mol. The highest BCUT2D eigenvalue weighted by Crippen LogP contribution is 2.43. The van der Waals surface area contributed by atoms with E-state index in [0.717, 1.165) is 18.4 Å². The molecule has 0 aromatic carbocycles. The fraction of sp³-hybridized carbons (Fsp3) is 0.312. The third-order valence-electron chi connectivity index (χ3n) is 4.14. The zero-order valence-corrected chi connectivity index (χ0v) is 12.4. The summed E-state index contributed by atoms with van der Waals surface area (Å²) in [6.45, 7) is -1.19. The Morgan fingerprint density at radius 3 is 2.79 bits per heavy atom. The van der Waals surface area contributed by atoms with Gasteiger partial charge in [-0.1, -0.05) is 0 Å². The molecule has 5 nitrogen and oxygen atoms in total. The molecule has 3 aromatic rings. The number of H-pyrrole nitrogens is 1. The van der Waals surface area contributed by atoms with Gasteiger partial charge in [0.2, 0.25) is 0 Å². The molecule has 1 saturated carbocycles. The molecule has 3 heterocycles. The number of rotatable bonds is 3. The van der Waals surface area contributed by atoms with E-state index >= 15 is 0 Å². The Balaban J connectivity index is 2.00. The van der Waals surface area contributed by atoms with Crippen molar-refractivity contribution in [3.8, 4) is 0 Å². The number of anilines is 1. The third-order valence-corrected chi connectivity index (χ3v) is 4.14. The summed E-state index contributed by atoms with van der Waals surface area (Å²) < 4.78 is 37.7. The molecule has 0 atom stereocenters. The molecular formula is C16H13F3N4O. The number of hydrogen-bond acceptors (Lipinski definition) is 4. The molecule has 4 rings (SSSR count). The molecule has 0 unspecified atom stereocenters. The van der Waals surface area contributed by atoms with E-state index in [1.807, 2.05) is 0 Å². The second kappa shape index (κ2) is 5.19. The van der Waals surface area contributed by atoms with Crippen molar-refractivity contribution < 1.29 is 13.2 Å². The molecule has 1 aliphatic carbocycles. The summed E-state index contributed by atoms with van der Waals surface area (Å²) in [4.78, 5) is 23.4. The number of fused-ring (bicyclic) bond motifs is 3. The molecule has 8 heteroatoms. The topological polar surface area (TPSA) is 70.7 Å². The number of alkyl halides is 3. The Morgan fingerprint density at radius 1 is 1.29 bits per heavy atom. The van der Waals surface area contributed by atoms with E-state index in [-0.39, 0.29) is 11.4 Å². The first-order valence-electron chi connectivity index (χ1n) is 7.53. The normalized spacial score (nSPS) is 15.1. The monoisotopic (exact) mass is 334 g/mol. The van der Waals surface area contributed by atoms with Gasteiger partial charge in [-0.05, 0) is 30.4 Å². The van der Waals surface area contributed by atoms with Crippen molar-refractivity contribution in [1.29, 1.82) is 0 Å². The number of nitrogens with zero attached hydrogens (tertiary/aromatic N) is 2. The first-order chi connectivity index (χ1) is 11.4. The average Bonchev–Trinajstić information content (AvgIpc) is 3.36. The van der Waals surface area contributed by atoms with E-state index in [9.17, 15) is 18.0 Å². The predicted octanol–water partition coefficient (Wildman–Crippen LogP) is 3.32. The van der Waals surface area contributed by atoms with Crippen LogP contribution in [-0.2, 0) is 0 Å². The molecule has 1 fully saturated rings. The second-order valence-corrected chi connectivity index (χ2v) is 5.92. The fourth-order valence-corrected chi connectivity index (χ4v) is 2.90. The van der Waals surface area contributed by atoms with Gasteiger partial charge >= 0.3 is 6.18 Å². The van der Waals surface area contributed by atoms with Crippen molar-refractivity contribution in [2.45, 2.75) is 24.9 Å². The minimum absolute atomic E-state index is 0.115. The molecule has 3 aromatic heterocycles. The van der Waals surface area contributed by atoms with Crippen LogP contribution in [0.2, 0.25) is 0 Å². The molecule has 0 aliphatic heterocycles. The van der Waals surface area contributed by atoms with Crippen molar-refractivity contribution in [2.24, 2.45) is 0 Å². The number of pyridine rings is 3. The SMILES string of the molecule is O=c1[nH]cc(C2CC2)c2nc(NCC(F)(F)F)c3ccncc3c12. The zero-order valence-electron chi connectivity index (χ0n) is 12.4. The maximum absolute atomic E-state index is 12.6. The van der Waals surface area contributed by atoms with Gasteiger partial charge in [-0.25, -0.2) is 4.98 Å². The maximum atomic E-state index is 12.6. The van der Waals surface area contributed by atoms with Gasteiger partial charge in [0.05, 0.1) is 10.9 Å². The van der Waals surface area contributed by atoms with E-state index < -0.39 is 12.7 Å². The van der Waals surface area contributed by atoms with Crippen molar-refractivity contribution in [3.63, 3.8) is 0 Å². The van der Waals surface area contributed by atoms with Gasteiger partial charge in [-0.2, -0.15) is 13.2 Å². The van der Waals surface area contributed by atoms with Gasteiger partial charge in [0.1, 0.15) is 12.4 Å². The van der Waals surface area contributed by atoms with Crippen LogP contribution in [0.25, 0.3) is 21.7 Å². The van der Waals surface area contributed by atoms with Gasteiger partial charge in [0.15, 0.2) is 0 Å². The lowest BCUT2D eigenvalue weighted by atomic mass is 10.0. The summed E-state index contributed by atoms with van der Waals surface area (Å²) in [6.07, 6.45) is 2.19. The van der Waals surface area contributed by atoms with Crippen LogP contribution in [0.15, 0.2) is 29.5 Å². The van der Waals surface area contributed by atoms with E-state index in [1.165, 1.54) is 12.4 Å². The Labute approximate surface area is 133 Å². The Bertz CT molecular complexity index is 992. The van der Waals surface area contributed by atoms with Crippen LogP contribution in [-0.4, -0.2) is 27.7 Å². The van der Waals surface area contributed by atoms with Crippen molar-refractivity contribution in [2.75, 3.05) is 11.9 Å². The van der Waals surface area contributed by atoms with Crippen LogP contribution in [0, 0.1) is 0 Å². The summed E-state index contributed by atoms with van der Waals surface area (Å²) in [5.41, 5.74) is 0.999. The molecule has 1 aliphatic rings. The van der Waals surface area contributed by atoms with Gasteiger partial charge in [-0.15, -0.1) is 0 Å². The molecule has 0 saturated heterocycles. The summed E-state index contributed by atoms with van der Waals surface area (Å²) in [7, 11) is 0. The summed E-state index contributed by atoms with van der Waals surface area (Å²) in [5.74, 6) is 0.408. The molecule has 0 spiro atoms. The number of halogens is 3. The molecule has 124 valence electrons. The first-order valence-corrected chi connectivity index (χ1v) is 7.53. The second-order valence-electron chi connectivity index (χ2n) is 5.92. The minimum atomic E-state index is -4.36. The lowest BCUT2D eigenvalue weighted by Crippen LogP contribution is -2.22. The zero-order chi connectivity index (χ0) is 16.9. The van der Waals surface area contributed by atoms with Gasteiger partial charge in [0, 0.05) is 29.4 Å². The van der Waals surface area contributed by atoms with Gasteiger partial charge in [-0.3, -0.25) is 9.78 Å². The minimum Gasteiger partial charge on any atom is -0.361 e. The van der Waals surface area contributed by atoms with Crippen LogP contribution in [0.5, 0.6) is 0 Å². The standard InChI is InChI=1S/C16H13F3N4O/c17-16(18,19)7-22-14-9-3-4-20-5-11(9)12-13(23-14)10(8-1-2-8)6-21-15(12)24/h3-6,8H,1-2,7H2,(H,21,24)(H,22,23). The van der Waals surface area contributed by atoms with Crippen LogP contribution in [0.3, 0.4) is 0 Å². The first kappa shape index (κ1) is 14.9. The fourth-order valence-electron chi connectivity index (χ4n) is 2.90. The smallest absolute Gasteiger partial charge is 0.361 e. The molecule has 0 bridgehead atoms. The number of hydrogen-bond donors (Lipinski definition) is 2. The Hall–Kier alpha value is -2.64. The highest BCUT2D eigenvalue weighted by Gasteiger charge is 2.29. The molecule has 0 radical (unpaired) electrons. The quantitative estimate of drug-likeness (QED) is 0.721. The highest BCUT2D eigenvalue weighted by atomic mass is 19.4. The van der Waals surface area contributed by atoms with Crippen LogP contribution < -0.4 is 10.9 Å².